The van der Waals surface area contributed by atoms with E-state index in [0.717, 1.165) is 6.42 Å². The molecule has 0 spiro atoms. The van der Waals surface area contributed by atoms with Gasteiger partial charge in [-0.15, -0.1) is 0 Å². The average molecular weight is 290 g/mol. The van der Waals surface area contributed by atoms with Gasteiger partial charge in [-0.05, 0) is 30.7 Å². The van der Waals surface area contributed by atoms with Crippen LogP contribution >= 0.6 is 0 Å². The minimum absolute atomic E-state index is 0.0632. The highest BCUT2D eigenvalue weighted by atomic mass is 19.1. The van der Waals surface area contributed by atoms with Crippen LogP contribution in [0, 0.1) is 11.6 Å². The zero-order valence-corrected chi connectivity index (χ0v) is 11.6. The minimum atomic E-state index is -0.557. The van der Waals surface area contributed by atoms with Crippen molar-refractivity contribution in [2.45, 2.75) is 13.3 Å². The van der Waals surface area contributed by atoms with Crippen LogP contribution in [0.4, 0.5) is 20.2 Å². The summed E-state index contributed by atoms with van der Waals surface area (Å²) in [4.78, 5) is 12.2. The van der Waals surface area contributed by atoms with Crippen molar-refractivity contribution >= 4 is 17.3 Å². The monoisotopic (exact) mass is 290 g/mol. The molecule has 0 saturated carbocycles. The first-order valence-electron chi connectivity index (χ1n) is 6.71. The quantitative estimate of drug-likeness (QED) is 0.872. The summed E-state index contributed by atoms with van der Waals surface area (Å²) in [5, 5.41) is 5.33. The van der Waals surface area contributed by atoms with E-state index < -0.39 is 17.5 Å². The first-order chi connectivity index (χ1) is 10.1. The predicted molar refractivity (Wildman–Crippen MR) is 79.5 cm³/mol. The highest BCUT2D eigenvalue weighted by Gasteiger charge is 2.16. The van der Waals surface area contributed by atoms with Crippen LogP contribution in [0.3, 0.4) is 0 Å². The molecule has 0 bridgehead atoms. The summed E-state index contributed by atoms with van der Waals surface area (Å²) in [7, 11) is 0. The van der Waals surface area contributed by atoms with Crippen molar-refractivity contribution in [3.05, 3.63) is 59.7 Å². The Morgan fingerprint density at radius 2 is 1.76 bits per heavy atom. The lowest BCUT2D eigenvalue weighted by Gasteiger charge is -2.13. The molecule has 0 radical (unpaired) electrons. The molecule has 0 fully saturated rings. The van der Waals surface area contributed by atoms with Gasteiger partial charge in [-0.25, -0.2) is 8.78 Å². The molecule has 2 aromatic carbocycles. The van der Waals surface area contributed by atoms with Crippen molar-refractivity contribution in [2.75, 3.05) is 17.2 Å². The first-order valence-corrected chi connectivity index (χ1v) is 6.71. The molecule has 5 heteroatoms. The minimum Gasteiger partial charge on any atom is -0.382 e. The largest absolute Gasteiger partial charge is 0.382 e. The number of carbonyl (C=O) groups excluding carboxylic acids is 1. The number of anilines is 2. The van der Waals surface area contributed by atoms with Crippen molar-refractivity contribution in [3.8, 4) is 0 Å². The van der Waals surface area contributed by atoms with Crippen LogP contribution in [0.25, 0.3) is 0 Å². The van der Waals surface area contributed by atoms with Crippen LogP contribution in [0.15, 0.2) is 42.5 Å². The summed E-state index contributed by atoms with van der Waals surface area (Å²) >= 11 is 0. The Hall–Kier alpha value is -2.43. The summed E-state index contributed by atoms with van der Waals surface area (Å²) in [6, 6.07) is 10.1. The molecule has 0 atom stereocenters. The van der Waals surface area contributed by atoms with Gasteiger partial charge < -0.3 is 10.6 Å². The van der Waals surface area contributed by atoms with E-state index >= 15 is 0 Å². The van der Waals surface area contributed by atoms with Gasteiger partial charge in [0.05, 0.1) is 16.9 Å². The Kier molecular flexibility index (Phi) is 4.87. The normalized spacial score (nSPS) is 10.2. The lowest BCUT2D eigenvalue weighted by molar-refractivity contribution is 0.102. The molecule has 110 valence electrons. The Balaban J connectivity index is 2.27. The molecular weight excluding hydrogens is 274 g/mol. The van der Waals surface area contributed by atoms with Crippen molar-refractivity contribution in [3.63, 3.8) is 0 Å². The fourth-order valence-corrected chi connectivity index (χ4v) is 1.90. The van der Waals surface area contributed by atoms with Crippen LogP contribution in [-0.4, -0.2) is 12.5 Å². The standard InChI is InChI=1S/C16H16F2N2O/c1-2-10-19-15-11(6-5-8-13(15)18)16(21)20-14-9-4-3-7-12(14)17/h3-9,19H,2,10H2,1H3,(H,20,21). The first kappa shape index (κ1) is 15.0. The highest BCUT2D eigenvalue weighted by Crippen LogP contribution is 2.22. The Morgan fingerprint density at radius 3 is 2.48 bits per heavy atom. The maximum absolute atomic E-state index is 13.8. The lowest BCUT2D eigenvalue weighted by atomic mass is 10.1. The van der Waals surface area contributed by atoms with E-state index in [1.807, 2.05) is 6.92 Å². The topological polar surface area (TPSA) is 41.1 Å². The van der Waals surface area contributed by atoms with Crippen LogP contribution in [0.1, 0.15) is 23.7 Å². The lowest BCUT2D eigenvalue weighted by Crippen LogP contribution is -2.16. The van der Waals surface area contributed by atoms with E-state index in [1.54, 1.807) is 6.07 Å². The average Bonchev–Trinajstić information content (AvgIpc) is 2.48. The van der Waals surface area contributed by atoms with E-state index in [9.17, 15) is 13.6 Å². The number of para-hydroxylation sites is 2. The number of carbonyl (C=O) groups is 1. The molecule has 21 heavy (non-hydrogen) atoms. The third-order valence-electron chi connectivity index (χ3n) is 2.93. The summed E-state index contributed by atoms with van der Waals surface area (Å²) in [5.74, 6) is -1.60. The number of hydrogen-bond donors (Lipinski definition) is 2. The molecule has 3 nitrogen and oxygen atoms in total. The van der Waals surface area contributed by atoms with Gasteiger partial charge in [0, 0.05) is 6.54 Å². The maximum atomic E-state index is 13.8. The van der Waals surface area contributed by atoms with Gasteiger partial charge in [-0.2, -0.15) is 0 Å². The Morgan fingerprint density at radius 1 is 1.05 bits per heavy atom. The van der Waals surface area contributed by atoms with Gasteiger partial charge >= 0.3 is 0 Å². The van der Waals surface area contributed by atoms with Gasteiger partial charge in [-0.1, -0.05) is 25.1 Å². The van der Waals surface area contributed by atoms with Crippen molar-refractivity contribution in [1.82, 2.24) is 0 Å². The fourth-order valence-electron chi connectivity index (χ4n) is 1.90. The van der Waals surface area contributed by atoms with E-state index in [2.05, 4.69) is 10.6 Å². The molecule has 1 amide bonds. The molecule has 0 aromatic heterocycles. The molecule has 2 rings (SSSR count). The molecule has 0 saturated heterocycles. The van der Waals surface area contributed by atoms with Crippen LogP contribution in [0.5, 0.6) is 0 Å². The number of hydrogen-bond acceptors (Lipinski definition) is 2. The van der Waals surface area contributed by atoms with E-state index in [1.165, 1.54) is 36.4 Å². The smallest absolute Gasteiger partial charge is 0.257 e. The zero-order chi connectivity index (χ0) is 15.2. The molecule has 0 aliphatic rings. The van der Waals surface area contributed by atoms with Gasteiger partial charge in [0.2, 0.25) is 0 Å². The molecule has 0 unspecified atom stereocenters. The number of rotatable bonds is 5. The van der Waals surface area contributed by atoms with Crippen LogP contribution in [0.2, 0.25) is 0 Å². The second kappa shape index (κ2) is 6.83. The number of benzene rings is 2. The second-order valence-electron chi connectivity index (χ2n) is 4.52. The highest BCUT2D eigenvalue weighted by molar-refractivity contribution is 6.08. The summed E-state index contributed by atoms with van der Waals surface area (Å²) in [5.41, 5.74) is 0.341. The van der Waals surface area contributed by atoms with E-state index in [4.69, 9.17) is 0 Å². The molecule has 0 aliphatic heterocycles. The summed E-state index contributed by atoms with van der Waals surface area (Å²) in [6.45, 7) is 2.48. The van der Waals surface area contributed by atoms with Crippen molar-refractivity contribution in [2.24, 2.45) is 0 Å². The summed E-state index contributed by atoms with van der Waals surface area (Å²) < 4.78 is 27.4. The molecule has 0 heterocycles. The van der Waals surface area contributed by atoms with E-state index in [-0.39, 0.29) is 16.9 Å². The molecule has 2 aromatic rings. The van der Waals surface area contributed by atoms with Gasteiger partial charge in [0.1, 0.15) is 11.6 Å². The summed E-state index contributed by atoms with van der Waals surface area (Å²) in [6.07, 6.45) is 0.794. The van der Waals surface area contributed by atoms with Gasteiger partial charge in [-0.3, -0.25) is 4.79 Å². The van der Waals surface area contributed by atoms with Gasteiger partial charge in [0.25, 0.3) is 5.91 Å². The molecule has 0 aliphatic carbocycles. The van der Waals surface area contributed by atoms with Crippen molar-refractivity contribution < 1.29 is 13.6 Å². The fraction of sp³-hybridized carbons (Fsp3) is 0.188. The zero-order valence-electron chi connectivity index (χ0n) is 11.6. The Bertz CT molecular complexity index is 644. The van der Waals surface area contributed by atoms with E-state index in [0.29, 0.717) is 6.54 Å². The maximum Gasteiger partial charge on any atom is 0.257 e. The number of amides is 1. The third kappa shape index (κ3) is 3.56. The second-order valence-corrected chi connectivity index (χ2v) is 4.52. The number of nitrogens with one attached hydrogen (secondary N) is 2. The van der Waals surface area contributed by atoms with Crippen LogP contribution < -0.4 is 10.6 Å². The predicted octanol–water partition coefficient (Wildman–Crippen LogP) is 4.04. The van der Waals surface area contributed by atoms with Crippen LogP contribution in [-0.2, 0) is 0 Å². The Labute approximate surface area is 122 Å². The number of halogens is 2. The SMILES string of the molecule is CCCNc1c(F)cccc1C(=O)Nc1ccccc1F. The van der Waals surface area contributed by atoms with Crippen molar-refractivity contribution in [1.29, 1.82) is 0 Å². The third-order valence-corrected chi connectivity index (χ3v) is 2.93. The van der Waals surface area contributed by atoms with Gasteiger partial charge in [0.15, 0.2) is 0 Å². The molecule has 2 N–H and O–H groups in total. The molecular formula is C16H16F2N2O.